The standard InChI is InChI=1S/CHF3.Cu/c2-1(3)4;/h1H;/q;+1. The predicted molar refractivity (Wildman–Crippen MR) is 7.11 cm³/mol. The molecule has 36 valence electrons. The van der Waals surface area contributed by atoms with Crippen LogP contribution in [-0.4, -0.2) is 6.68 Å². The van der Waals surface area contributed by atoms with E-state index in [-0.39, 0.29) is 17.1 Å². The Kier molecular flexibility index (Phi) is 7.76. The zero-order valence-corrected chi connectivity index (χ0v) is 2.95. The summed E-state index contributed by atoms with van der Waals surface area (Å²) in [5, 5.41) is 0. The summed E-state index contributed by atoms with van der Waals surface area (Å²) in [4.78, 5) is 0. The molecule has 4 heteroatoms. The van der Waals surface area contributed by atoms with E-state index in [4.69, 9.17) is 0 Å². The molecule has 0 unspecified atom stereocenters. The van der Waals surface area contributed by atoms with E-state index >= 15 is 0 Å². The van der Waals surface area contributed by atoms with Crippen LogP contribution in [0.2, 0.25) is 0 Å². The normalized spacial score (nSPS) is 7.20. The van der Waals surface area contributed by atoms with Crippen LogP contribution >= 0.6 is 0 Å². The zero-order chi connectivity index (χ0) is 3.58. The van der Waals surface area contributed by atoms with Crippen molar-refractivity contribution < 1.29 is 30.2 Å². The molecule has 0 aromatic heterocycles. The van der Waals surface area contributed by atoms with Gasteiger partial charge in [-0.2, -0.15) is 13.2 Å². The summed E-state index contributed by atoms with van der Waals surface area (Å²) in [6, 6.07) is 0. The number of hydrogen-bond acceptors (Lipinski definition) is 0. The van der Waals surface area contributed by atoms with Crippen molar-refractivity contribution in [2.75, 3.05) is 0 Å². The van der Waals surface area contributed by atoms with Gasteiger partial charge in [-0.15, -0.1) is 0 Å². The first-order valence-corrected chi connectivity index (χ1v) is 0.655. The van der Waals surface area contributed by atoms with E-state index in [1.54, 1.807) is 0 Å². The average Bonchev–Trinajstić information content (AvgIpc) is 0.811. The fourth-order valence-corrected chi connectivity index (χ4v) is 0. The summed E-state index contributed by atoms with van der Waals surface area (Å²) in [6.07, 6.45) is 0. The number of halogens is 3. The smallest absolute Gasteiger partial charge is 0.174 e. The molecule has 0 saturated carbocycles. The Morgan fingerprint density at radius 1 is 1.00 bits per heavy atom. The van der Waals surface area contributed by atoms with Gasteiger partial charge < -0.3 is 0 Å². The monoisotopic (exact) mass is 133 g/mol. The Balaban J connectivity index is 0. The van der Waals surface area contributed by atoms with Crippen LogP contribution in [0, 0.1) is 0 Å². The van der Waals surface area contributed by atoms with Crippen molar-refractivity contribution in [1.29, 1.82) is 0 Å². The molecule has 0 aromatic carbocycles. The minimum absolute atomic E-state index is 0. The number of alkyl halides is 3. The van der Waals surface area contributed by atoms with E-state index in [1.165, 1.54) is 0 Å². The van der Waals surface area contributed by atoms with Crippen molar-refractivity contribution in [2.24, 2.45) is 0 Å². The van der Waals surface area contributed by atoms with Gasteiger partial charge in [0.2, 0.25) is 0 Å². The summed E-state index contributed by atoms with van der Waals surface area (Å²) in [6.45, 7) is -3.67. The van der Waals surface area contributed by atoms with Gasteiger partial charge in [0, 0.05) is 0 Å². The van der Waals surface area contributed by atoms with Gasteiger partial charge in [0.15, 0.2) is 0 Å². The Hall–Kier alpha value is 0.309. The largest absolute Gasteiger partial charge is 1.00 e. The van der Waals surface area contributed by atoms with Gasteiger partial charge in [-0.05, 0) is 0 Å². The first-order valence-electron chi connectivity index (χ1n) is 0.655. The molecule has 0 aliphatic rings. The molecule has 0 aromatic rings. The van der Waals surface area contributed by atoms with Gasteiger partial charge >= 0.3 is 23.7 Å². The van der Waals surface area contributed by atoms with Crippen molar-refractivity contribution >= 4 is 0 Å². The quantitative estimate of drug-likeness (QED) is 0.436. The number of hydrogen-bond donors (Lipinski definition) is 0. The van der Waals surface area contributed by atoms with Crippen LogP contribution in [0.5, 0.6) is 0 Å². The molecular weight excluding hydrogens is 133 g/mol. The van der Waals surface area contributed by atoms with Crippen molar-refractivity contribution in [1.82, 2.24) is 0 Å². The molecule has 0 atom stereocenters. The molecule has 0 nitrogen and oxygen atoms in total. The van der Waals surface area contributed by atoms with Crippen LogP contribution in [0.25, 0.3) is 0 Å². The van der Waals surface area contributed by atoms with E-state index < -0.39 is 6.68 Å². The van der Waals surface area contributed by atoms with Crippen LogP contribution < -0.4 is 0 Å². The molecule has 0 N–H and O–H groups in total. The van der Waals surface area contributed by atoms with Crippen LogP contribution in [0.3, 0.4) is 0 Å². The van der Waals surface area contributed by atoms with E-state index in [2.05, 4.69) is 0 Å². The van der Waals surface area contributed by atoms with Crippen LogP contribution in [0.4, 0.5) is 13.2 Å². The molecule has 0 aliphatic heterocycles. The Morgan fingerprint density at radius 3 is 1.00 bits per heavy atom. The molecule has 0 radical (unpaired) electrons. The molecular formula is CHCuF3+. The topological polar surface area (TPSA) is 0 Å². The summed E-state index contributed by atoms with van der Waals surface area (Å²) in [5.74, 6) is 0. The molecule has 0 rings (SSSR count). The third kappa shape index (κ3) is 240. The van der Waals surface area contributed by atoms with Crippen molar-refractivity contribution in [2.45, 2.75) is 6.68 Å². The molecule has 5 heavy (non-hydrogen) atoms. The fourth-order valence-electron chi connectivity index (χ4n) is 0. The SMILES string of the molecule is FC(F)F.[Cu+]. The van der Waals surface area contributed by atoms with Crippen LogP contribution in [0.15, 0.2) is 0 Å². The van der Waals surface area contributed by atoms with E-state index in [9.17, 15) is 13.2 Å². The molecule has 0 bridgehead atoms. The van der Waals surface area contributed by atoms with Gasteiger partial charge in [0.25, 0.3) is 0 Å². The van der Waals surface area contributed by atoms with Crippen molar-refractivity contribution in [3.05, 3.63) is 0 Å². The molecule has 0 spiro atoms. The molecule has 0 amide bonds. The Morgan fingerprint density at radius 2 is 1.00 bits per heavy atom. The summed E-state index contributed by atoms with van der Waals surface area (Å²) in [5.41, 5.74) is 0. The van der Waals surface area contributed by atoms with Crippen LogP contribution in [0.1, 0.15) is 0 Å². The summed E-state index contributed by atoms with van der Waals surface area (Å²) >= 11 is 0. The maximum absolute atomic E-state index is 9.67. The summed E-state index contributed by atoms with van der Waals surface area (Å²) < 4.78 is 29.0. The zero-order valence-electron chi connectivity index (χ0n) is 2.01. The molecule has 0 aliphatic carbocycles. The Labute approximate surface area is 37.8 Å². The minimum atomic E-state index is -3.67. The van der Waals surface area contributed by atoms with Gasteiger partial charge in [-0.1, -0.05) is 0 Å². The predicted octanol–water partition coefficient (Wildman–Crippen LogP) is 1.18. The van der Waals surface area contributed by atoms with Gasteiger partial charge in [-0.3, -0.25) is 0 Å². The second-order valence-corrected chi connectivity index (χ2v) is 0.247. The summed E-state index contributed by atoms with van der Waals surface area (Å²) in [7, 11) is 0. The van der Waals surface area contributed by atoms with Gasteiger partial charge in [0.1, 0.15) is 0 Å². The van der Waals surface area contributed by atoms with Gasteiger partial charge in [0.05, 0.1) is 0 Å². The Bertz CT molecular complexity index is 11.6. The molecule has 0 heterocycles. The average molecular weight is 134 g/mol. The maximum atomic E-state index is 9.67. The van der Waals surface area contributed by atoms with E-state index in [1.807, 2.05) is 0 Å². The minimum Gasteiger partial charge on any atom is -0.174 e. The van der Waals surface area contributed by atoms with E-state index in [0.29, 0.717) is 0 Å². The van der Waals surface area contributed by atoms with Crippen LogP contribution in [-0.2, 0) is 17.1 Å². The third-order valence-corrected chi connectivity index (χ3v) is 0. The molecule has 0 fully saturated rings. The first-order chi connectivity index (χ1) is 1.73. The number of rotatable bonds is 0. The second kappa shape index (κ2) is 4.31. The third-order valence-electron chi connectivity index (χ3n) is 0. The maximum Gasteiger partial charge on any atom is 1.00 e. The van der Waals surface area contributed by atoms with Gasteiger partial charge in [-0.25, -0.2) is 0 Å². The fraction of sp³-hybridized carbons (Fsp3) is 1.00. The molecule has 0 saturated heterocycles. The second-order valence-electron chi connectivity index (χ2n) is 0.247. The first kappa shape index (κ1) is 9.00. The van der Waals surface area contributed by atoms with E-state index in [0.717, 1.165) is 0 Å². The van der Waals surface area contributed by atoms with Crippen molar-refractivity contribution in [3.8, 4) is 0 Å². The van der Waals surface area contributed by atoms with Crippen molar-refractivity contribution in [3.63, 3.8) is 0 Å².